The van der Waals surface area contributed by atoms with Crippen molar-refractivity contribution < 1.29 is 14.6 Å². The first-order valence-corrected chi connectivity index (χ1v) is 9.23. The highest BCUT2D eigenvalue weighted by Crippen LogP contribution is 2.29. The Bertz CT molecular complexity index is 783. The van der Waals surface area contributed by atoms with Gasteiger partial charge in [0.1, 0.15) is 11.4 Å². The van der Waals surface area contributed by atoms with E-state index in [4.69, 9.17) is 9.72 Å². The molecule has 1 aromatic heterocycles. The van der Waals surface area contributed by atoms with Crippen molar-refractivity contribution in [1.29, 1.82) is 0 Å². The van der Waals surface area contributed by atoms with Crippen molar-refractivity contribution in [2.75, 3.05) is 44.2 Å². The number of hydrogen-bond acceptors (Lipinski definition) is 6. The van der Waals surface area contributed by atoms with Gasteiger partial charge in [-0.15, -0.1) is 0 Å². The zero-order valence-electron chi connectivity index (χ0n) is 15.7. The SMILES string of the molecule is CCOC(=O)c1c(N2CCN(C[C@@H](C)O)CC2)nc2ccccc2c1C. The number of rotatable bonds is 5. The lowest BCUT2D eigenvalue weighted by atomic mass is 10.0. The summed E-state index contributed by atoms with van der Waals surface area (Å²) in [6.07, 6.45) is -0.335. The number of β-amino-alcohol motifs (C(OH)–C–C–N with tert-alkyl or cyclic N) is 1. The monoisotopic (exact) mass is 357 g/mol. The lowest BCUT2D eigenvalue weighted by molar-refractivity contribution is 0.0526. The van der Waals surface area contributed by atoms with Crippen molar-refractivity contribution in [2.45, 2.75) is 26.9 Å². The number of nitrogens with zero attached hydrogens (tertiary/aromatic N) is 3. The summed E-state index contributed by atoms with van der Waals surface area (Å²) >= 11 is 0. The van der Waals surface area contributed by atoms with Crippen LogP contribution >= 0.6 is 0 Å². The Morgan fingerprint density at radius 1 is 1.27 bits per heavy atom. The molecule has 1 atom stereocenters. The second kappa shape index (κ2) is 8.01. The second-order valence-corrected chi connectivity index (χ2v) is 6.81. The van der Waals surface area contributed by atoms with Gasteiger partial charge in [-0.3, -0.25) is 4.90 Å². The number of aliphatic hydroxyl groups is 1. The van der Waals surface area contributed by atoms with Gasteiger partial charge in [-0.1, -0.05) is 18.2 Å². The summed E-state index contributed by atoms with van der Waals surface area (Å²) in [4.78, 5) is 21.8. The molecule has 1 aliphatic heterocycles. The molecule has 3 rings (SSSR count). The van der Waals surface area contributed by atoms with Crippen LogP contribution in [0.2, 0.25) is 0 Å². The van der Waals surface area contributed by atoms with Gasteiger partial charge in [0.05, 0.1) is 18.2 Å². The van der Waals surface area contributed by atoms with Gasteiger partial charge in [-0.25, -0.2) is 9.78 Å². The molecule has 6 nitrogen and oxygen atoms in total. The molecular weight excluding hydrogens is 330 g/mol. The van der Waals surface area contributed by atoms with Crippen LogP contribution in [0.3, 0.4) is 0 Å². The average Bonchev–Trinajstić information content (AvgIpc) is 2.62. The number of anilines is 1. The molecule has 1 N–H and O–H groups in total. The van der Waals surface area contributed by atoms with E-state index in [1.54, 1.807) is 6.92 Å². The third-order valence-corrected chi connectivity index (χ3v) is 4.81. The molecule has 1 aliphatic rings. The van der Waals surface area contributed by atoms with Gasteiger partial charge in [0.15, 0.2) is 0 Å². The van der Waals surface area contributed by atoms with Crippen LogP contribution in [-0.4, -0.2) is 66.4 Å². The van der Waals surface area contributed by atoms with E-state index < -0.39 is 0 Å². The molecule has 0 spiro atoms. The Morgan fingerprint density at radius 3 is 2.62 bits per heavy atom. The number of piperazine rings is 1. The Balaban J connectivity index is 1.96. The highest BCUT2D eigenvalue weighted by atomic mass is 16.5. The first-order valence-electron chi connectivity index (χ1n) is 9.23. The molecule has 1 fully saturated rings. The number of carbonyl (C=O) groups excluding carboxylic acids is 1. The third kappa shape index (κ3) is 3.81. The molecule has 140 valence electrons. The van der Waals surface area contributed by atoms with E-state index in [1.165, 1.54) is 0 Å². The first kappa shape index (κ1) is 18.6. The maximum Gasteiger partial charge on any atom is 0.342 e. The summed E-state index contributed by atoms with van der Waals surface area (Å²) in [5.74, 6) is 0.390. The number of fused-ring (bicyclic) bond motifs is 1. The summed E-state index contributed by atoms with van der Waals surface area (Å²) in [7, 11) is 0. The minimum absolute atomic E-state index is 0.315. The molecule has 0 bridgehead atoms. The van der Waals surface area contributed by atoms with E-state index in [0.29, 0.717) is 24.5 Å². The molecule has 2 heterocycles. The van der Waals surface area contributed by atoms with E-state index >= 15 is 0 Å². The smallest absolute Gasteiger partial charge is 0.342 e. The molecule has 0 unspecified atom stereocenters. The molecule has 0 aliphatic carbocycles. The standard InChI is InChI=1S/C20H27N3O3/c1-4-26-20(25)18-15(3)16-7-5-6-8-17(16)21-19(18)23-11-9-22(10-12-23)13-14(2)24/h5-8,14,24H,4,9-13H2,1-3H3/t14-/m1/s1. The maximum absolute atomic E-state index is 12.7. The Hall–Kier alpha value is -2.18. The van der Waals surface area contributed by atoms with Crippen LogP contribution in [0.1, 0.15) is 29.8 Å². The predicted octanol–water partition coefficient (Wildman–Crippen LogP) is 2.22. The van der Waals surface area contributed by atoms with Gasteiger partial charge in [-0.05, 0) is 32.4 Å². The first-order chi connectivity index (χ1) is 12.5. The van der Waals surface area contributed by atoms with Crippen LogP contribution in [0.5, 0.6) is 0 Å². The quantitative estimate of drug-likeness (QED) is 0.828. The Kier molecular flexibility index (Phi) is 5.74. The summed E-state index contributed by atoms with van der Waals surface area (Å²) in [6, 6.07) is 7.89. The fourth-order valence-electron chi connectivity index (χ4n) is 3.55. The molecule has 26 heavy (non-hydrogen) atoms. The molecule has 0 radical (unpaired) electrons. The van der Waals surface area contributed by atoms with Crippen molar-refractivity contribution in [3.63, 3.8) is 0 Å². The number of aromatic nitrogens is 1. The van der Waals surface area contributed by atoms with Gasteiger partial charge >= 0.3 is 5.97 Å². The molecule has 1 saturated heterocycles. The summed E-state index contributed by atoms with van der Waals surface area (Å²) in [6.45, 7) is 9.80. The number of aliphatic hydroxyl groups excluding tert-OH is 1. The highest BCUT2D eigenvalue weighted by Gasteiger charge is 2.26. The number of ether oxygens (including phenoxy) is 1. The van der Waals surface area contributed by atoms with Crippen LogP contribution in [-0.2, 0) is 4.74 Å². The number of hydrogen-bond donors (Lipinski definition) is 1. The van der Waals surface area contributed by atoms with Crippen molar-refractivity contribution in [2.24, 2.45) is 0 Å². The maximum atomic E-state index is 12.7. The molecule has 1 aromatic carbocycles. The molecule has 2 aromatic rings. The van der Waals surface area contributed by atoms with E-state index in [2.05, 4.69) is 9.80 Å². The molecule has 6 heteroatoms. The number of pyridine rings is 1. The third-order valence-electron chi connectivity index (χ3n) is 4.81. The molecule has 0 amide bonds. The van der Waals surface area contributed by atoms with Gasteiger partial charge in [-0.2, -0.15) is 0 Å². The number of carbonyl (C=O) groups is 1. The minimum Gasteiger partial charge on any atom is -0.462 e. The van der Waals surface area contributed by atoms with Gasteiger partial charge < -0.3 is 14.7 Å². The fraction of sp³-hybridized carbons (Fsp3) is 0.500. The van der Waals surface area contributed by atoms with Crippen LogP contribution in [0.15, 0.2) is 24.3 Å². The zero-order valence-corrected chi connectivity index (χ0v) is 15.7. The van der Waals surface area contributed by atoms with Crippen LogP contribution < -0.4 is 4.90 Å². The minimum atomic E-state index is -0.335. The Labute approximate surface area is 154 Å². The fourth-order valence-corrected chi connectivity index (χ4v) is 3.55. The van der Waals surface area contributed by atoms with Gasteiger partial charge in [0.2, 0.25) is 0 Å². The van der Waals surface area contributed by atoms with Crippen molar-refractivity contribution in [3.05, 3.63) is 35.4 Å². The van der Waals surface area contributed by atoms with Crippen molar-refractivity contribution in [1.82, 2.24) is 9.88 Å². The lowest BCUT2D eigenvalue weighted by Gasteiger charge is -2.36. The topological polar surface area (TPSA) is 65.9 Å². The normalized spacial score (nSPS) is 16.7. The van der Waals surface area contributed by atoms with Gasteiger partial charge in [0.25, 0.3) is 0 Å². The van der Waals surface area contributed by atoms with E-state index in [0.717, 1.165) is 42.6 Å². The summed E-state index contributed by atoms with van der Waals surface area (Å²) in [5.41, 5.74) is 2.37. The van der Waals surface area contributed by atoms with Crippen molar-refractivity contribution >= 4 is 22.7 Å². The largest absolute Gasteiger partial charge is 0.462 e. The van der Waals surface area contributed by atoms with Crippen molar-refractivity contribution in [3.8, 4) is 0 Å². The number of benzene rings is 1. The zero-order chi connectivity index (χ0) is 18.7. The average molecular weight is 357 g/mol. The van der Waals surface area contributed by atoms with E-state index in [9.17, 15) is 9.90 Å². The highest BCUT2D eigenvalue weighted by molar-refractivity contribution is 6.02. The second-order valence-electron chi connectivity index (χ2n) is 6.81. The number of aryl methyl sites for hydroxylation is 1. The number of para-hydroxylation sites is 1. The Morgan fingerprint density at radius 2 is 1.96 bits per heavy atom. The van der Waals surface area contributed by atoms with E-state index in [1.807, 2.05) is 38.1 Å². The van der Waals surface area contributed by atoms with Crippen LogP contribution in [0, 0.1) is 6.92 Å². The lowest BCUT2D eigenvalue weighted by Crippen LogP contribution is -2.49. The summed E-state index contributed by atoms with van der Waals surface area (Å²) < 4.78 is 5.31. The summed E-state index contributed by atoms with van der Waals surface area (Å²) in [5, 5.41) is 10.6. The molecular formula is C20H27N3O3. The molecule has 0 saturated carbocycles. The number of esters is 1. The van der Waals surface area contributed by atoms with E-state index in [-0.39, 0.29) is 12.1 Å². The van der Waals surface area contributed by atoms with Crippen LogP contribution in [0.25, 0.3) is 10.9 Å². The van der Waals surface area contributed by atoms with Crippen LogP contribution in [0.4, 0.5) is 5.82 Å². The van der Waals surface area contributed by atoms with Gasteiger partial charge in [0, 0.05) is 38.1 Å². The predicted molar refractivity (Wildman–Crippen MR) is 103 cm³/mol.